The normalized spacial score (nSPS) is 29.9. The van der Waals surface area contributed by atoms with Gasteiger partial charge in [0.15, 0.2) is 0 Å². The minimum atomic E-state index is 0.210. The Labute approximate surface area is 47.7 Å². The molecule has 0 spiro atoms. The largest absolute Gasteiger partial charge is 0.299 e. The minimum Gasteiger partial charge on any atom is -0.299 e. The Morgan fingerprint density at radius 3 is 2.57 bits per heavy atom. The third kappa shape index (κ3) is 0.778. The molecular weight excluding hydrogens is 112 g/mol. The molecule has 1 saturated carbocycles. The summed E-state index contributed by atoms with van der Waals surface area (Å²) in [5.41, 5.74) is 0. The molecule has 0 aromatic rings. The van der Waals surface area contributed by atoms with Crippen LogP contribution in [0.15, 0.2) is 0 Å². The Morgan fingerprint density at radius 1 is 1.86 bits per heavy atom. The fraction of sp³-hybridized carbons (Fsp3) is 0.800. The number of rotatable bonds is 1. The highest BCUT2D eigenvalue weighted by Gasteiger charge is 2.26. The van der Waals surface area contributed by atoms with Crippen LogP contribution in [0.4, 0.5) is 0 Å². The highest BCUT2D eigenvalue weighted by atomic mass is 35.5. The summed E-state index contributed by atoms with van der Waals surface area (Å²) in [5, 5.41) is 0. The van der Waals surface area contributed by atoms with Crippen molar-refractivity contribution in [2.75, 3.05) is 5.88 Å². The van der Waals surface area contributed by atoms with Gasteiger partial charge in [0.25, 0.3) is 0 Å². The quantitative estimate of drug-likeness (QED) is 0.473. The molecule has 0 radical (unpaired) electrons. The molecule has 1 atom stereocenters. The first-order valence-corrected chi connectivity index (χ1v) is 2.96. The molecular formula is C5H7ClO. The van der Waals surface area contributed by atoms with Gasteiger partial charge in [-0.25, -0.2) is 0 Å². The summed E-state index contributed by atoms with van der Waals surface area (Å²) in [5.74, 6) is 1.08. The van der Waals surface area contributed by atoms with Crippen LogP contribution < -0.4 is 0 Å². The van der Waals surface area contributed by atoms with Crippen LogP contribution in [0, 0.1) is 5.92 Å². The van der Waals surface area contributed by atoms with Crippen LogP contribution in [0.25, 0.3) is 0 Å². The van der Waals surface area contributed by atoms with Gasteiger partial charge in [0, 0.05) is 18.2 Å². The maximum absolute atomic E-state index is 10.4. The lowest BCUT2D eigenvalue weighted by Crippen LogP contribution is -2.26. The van der Waals surface area contributed by atoms with Gasteiger partial charge in [0.05, 0.1) is 0 Å². The first kappa shape index (κ1) is 5.10. The van der Waals surface area contributed by atoms with Crippen molar-refractivity contribution in [2.45, 2.75) is 12.8 Å². The second kappa shape index (κ2) is 1.83. The Morgan fingerprint density at radius 2 is 2.57 bits per heavy atom. The van der Waals surface area contributed by atoms with E-state index in [0.717, 1.165) is 12.8 Å². The smallest absolute Gasteiger partial charge is 0.137 e. The van der Waals surface area contributed by atoms with Gasteiger partial charge in [-0.15, -0.1) is 11.6 Å². The average Bonchev–Trinajstić information content (AvgIpc) is 1.65. The summed E-state index contributed by atoms with van der Waals surface area (Å²) < 4.78 is 0. The summed E-state index contributed by atoms with van der Waals surface area (Å²) in [6, 6.07) is 0. The third-order valence-corrected chi connectivity index (χ3v) is 1.75. The Hall–Kier alpha value is -0.0400. The molecule has 1 aliphatic carbocycles. The van der Waals surface area contributed by atoms with E-state index in [1.807, 2.05) is 0 Å². The SMILES string of the molecule is O=C1CCC1CCl. The van der Waals surface area contributed by atoms with Crippen molar-refractivity contribution >= 4 is 17.4 Å². The standard InChI is InChI=1S/C5H7ClO/c6-3-4-1-2-5(4)7/h4H,1-3H2. The lowest BCUT2D eigenvalue weighted by molar-refractivity contribution is -0.128. The Balaban J connectivity index is 2.29. The van der Waals surface area contributed by atoms with Gasteiger partial charge in [0.2, 0.25) is 0 Å². The average molecular weight is 119 g/mol. The van der Waals surface area contributed by atoms with Crippen molar-refractivity contribution in [3.05, 3.63) is 0 Å². The zero-order valence-corrected chi connectivity index (χ0v) is 4.74. The van der Waals surface area contributed by atoms with Gasteiger partial charge in [-0.2, -0.15) is 0 Å². The summed E-state index contributed by atoms with van der Waals surface area (Å²) >= 11 is 5.38. The molecule has 40 valence electrons. The number of alkyl halides is 1. The van der Waals surface area contributed by atoms with E-state index in [9.17, 15) is 4.79 Å². The molecule has 0 bridgehead atoms. The second-order valence-electron chi connectivity index (χ2n) is 1.86. The first-order valence-electron chi connectivity index (χ1n) is 2.43. The molecule has 1 fully saturated rings. The van der Waals surface area contributed by atoms with Gasteiger partial charge >= 0.3 is 0 Å². The molecule has 0 amide bonds. The number of halogens is 1. The lowest BCUT2D eigenvalue weighted by atomic mass is 9.86. The van der Waals surface area contributed by atoms with E-state index in [4.69, 9.17) is 11.6 Å². The molecule has 1 unspecified atom stereocenters. The Kier molecular flexibility index (Phi) is 1.33. The van der Waals surface area contributed by atoms with Crippen molar-refractivity contribution < 1.29 is 4.79 Å². The van der Waals surface area contributed by atoms with E-state index in [-0.39, 0.29) is 5.92 Å². The van der Waals surface area contributed by atoms with Crippen molar-refractivity contribution in [3.8, 4) is 0 Å². The number of carbonyl (C=O) groups is 1. The van der Waals surface area contributed by atoms with Crippen LogP contribution in [0.3, 0.4) is 0 Å². The molecule has 0 aromatic heterocycles. The number of hydrogen-bond acceptors (Lipinski definition) is 1. The van der Waals surface area contributed by atoms with Crippen LogP contribution in [-0.2, 0) is 4.79 Å². The summed E-state index contributed by atoms with van der Waals surface area (Å²) in [6.07, 6.45) is 1.78. The summed E-state index contributed by atoms with van der Waals surface area (Å²) in [6.45, 7) is 0. The van der Waals surface area contributed by atoms with Crippen LogP contribution >= 0.6 is 11.6 Å². The molecule has 0 N–H and O–H groups in total. The fourth-order valence-electron chi connectivity index (χ4n) is 0.630. The summed E-state index contributed by atoms with van der Waals surface area (Å²) in [7, 11) is 0. The topological polar surface area (TPSA) is 17.1 Å². The monoisotopic (exact) mass is 118 g/mol. The maximum Gasteiger partial charge on any atom is 0.137 e. The molecule has 1 rings (SSSR count). The maximum atomic E-state index is 10.4. The van der Waals surface area contributed by atoms with Gasteiger partial charge in [-0.1, -0.05) is 0 Å². The molecule has 1 nitrogen and oxygen atoms in total. The van der Waals surface area contributed by atoms with E-state index in [1.165, 1.54) is 0 Å². The molecule has 2 heteroatoms. The zero-order chi connectivity index (χ0) is 5.28. The van der Waals surface area contributed by atoms with Crippen molar-refractivity contribution in [1.82, 2.24) is 0 Å². The van der Waals surface area contributed by atoms with E-state index >= 15 is 0 Å². The first-order chi connectivity index (χ1) is 3.34. The number of hydrogen-bond donors (Lipinski definition) is 0. The lowest BCUT2D eigenvalue weighted by Gasteiger charge is -2.20. The predicted molar refractivity (Wildman–Crippen MR) is 28.5 cm³/mol. The molecule has 0 heterocycles. The van der Waals surface area contributed by atoms with E-state index in [0.29, 0.717) is 11.7 Å². The van der Waals surface area contributed by atoms with Crippen LogP contribution in [0.5, 0.6) is 0 Å². The second-order valence-corrected chi connectivity index (χ2v) is 2.16. The molecule has 1 aliphatic rings. The van der Waals surface area contributed by atoms with E-state index in [1.54, 1.807) is 0 Å². The third-order valence-electron chi connectivity index (χ3n) is 1.38. The van der Waals surface area contributed by atoms with Gasteiger partial charge in [0.1, 0.15) is 5.78 Å². The molecule has 0 aromatic carbocycles. The van der Waals surface area contributed by atoms with Crippen molar-refractivity contribution in [2.24, 2.45) is 5.92 Å². The molecule has 0 aliphatic heterocycles. The van der Waals surface area contributed by atoms with Crippen LogP contribution in [-0.4, -0.2) is 11.7 Å². The molecule has 0 saturated heterocycles. The predicted octanol–water partition coefficient (Wildman–Crippen LogP) is 1.20. The highest BCUT2D eigenvalue weighted by Crippen LogP contribution is 2.22. The van der Waals surface area contributed by atoms with E-state index < -0.39 is 0 Å². The van der Waals surface area contributed by atoms with Crippen LogP contribution in [0.2, 0.25) is 0 Å². The molecule has 7 heavy (non-hydrogen) atoms. The van der Waals surface area contributed by atoms with Crippen molar-refractivity contribution in [3.63, 3.8) is 0 Å². The van der Waals surface area contributed by atoms with Crippen molar-refractivity contribution in [1.29, 1.82) is 0 Å². The zero-order valence-electron chi connectivity index (χ0n) is 3.98. The van der Waals surface area contributed by atoms with Gasteiger partial charge in [-0.05, 0) is 6.42 Å². The summed E-state index contributed by atoms with van der Waals surface area (Å²) in [4.78, 5) is 10.4. The number of Topliss-reactive ketones (excluding diaryl/α,β-unsaturated/α-hetero) is 1. The minimum absolute atomic E-state index is 0.210. The van der Waals surface area contributed by atoms with Crippen LogP contribution in [0.1, 0.15) is 12.8 Å². The Bertz CT molecular complexity index is 88.1. The van der Waals surface area contributed by atoms with Gasteiger partial charge in [-0.3, -0.25) is 4.79 Å². The number of ketones is 1. The number of carbonyl (C=O) groups excluding carboxylic acids is 1. The van der Waals surface area contributed by atoms with Gasteiger partial charge < -0.3 is 0 Å². The fourth-order valence-corrected chi connectivity index (χ4v) is 0.956. The highest BCUT2D eigenvalue weighted by molar-refractivity contribution is 6.19. The van der Waals surface area contributed by atoms with E-state index in [2.05, 4.69) is 0 Å².